The molecular formula is C26H21F5N2O4. The molecule has 11 heteroatoms. The van der Waals surface area contributed by atoms with E-state index in [1.165, 1.54) is 22.8 Å². The first-order valence-electron chi connectivity index (χ1n) is 11.3. The number of primary amides is 1. The van der Waals surface area contributed by atoms with Crippen molar-refractivity contribution in [1.82, 2.24) is 4.57 Å². The van der Waals surface area contributed by atoms with Gasteiger partial charge in [0.05, 0.1) is 23.0 Å². The van der Waals surface area contributed by atoms with Crippen LogP contribution in [0, 0.1) is 29.1 Å². The second-order valence-electron chi connectivity index (χ2n) is 8.47. The van der Waals surface area contributed by atoms with Crippen molar-refractivity contribution >= 4 is 33.7 Å². The Kier molecular flexibility index (Phi) is 7.06. The van der Waals surface area contributed by atoms with Gasteiger partial charge in [0.25, 0.3) is 0 Å². The van der Waals surface area contributed by atoms with E-state index in [-0.39, 0.29) is 33.1 Å². The van der Waals surface area contributed by atoms with Gasteiger partial charge >= 0.3 is 5.97 Å². The SMILES string of the molecule is CCCCc1cc(OCC(=O)O)c2c3c(C(N)=O)cccc3n(Cc3c(F)c(F)c(F)c(F)c3F)c2c1. The van der Waals surface area contributed by atoms with Crippen LogP contribution in [0.25, 0.3) is 21.8 Å². The number of hydrogen-bond donors (Lipinski definition) is 2. The lowest BCUT2D eigenvalue weighted by Crippen LogP contribution is -2.12. The van der Waals surface area contributed by atoms with Gasteiger partial charge in [0.1, 0.15) is 5.75 Å². The minimum atomic E-state index is -2.27. The number of carbonyl (C=O) groups excluding carboxylic acids is 1. The highest BCUT2D eigenvalue weighted by atomic mass is 19.2. The number of ether oxygens (including phenoxy) is 1. The summed E-state index contributed by atoms with van der Waals surface area (Å²) in [6.45, 7) is 0.443. The Morgan fingerprint density at radius 1 is 0.946 bits per heavy atom. The molecule has 37 heavy (non-hydrogen) atoms. The minimum absolute atomic E-state index is 0.000134. The van der Waals surface area contributed by atoms with Crippen molar-refractivity contribution < 1.29 is 41.4 Å². The fourth-order valence-electron chi connectivity index (χ4n) is 4.38. The van der Waals surface area contributed by atoms with Gasteiger partial charge in [-0.2, -0.15) is 0 Å². The molecule has 0 saturated heterocycles. The maximum Gasteiger partial charge on any atom is 0.341 e. The van der Waals surface area contributed by atoms with Gasteiger partial charge in [-0.05, 0) is 42.7 Å². The van der Waals surface area contributed by atoms with Gasteiger partial charge < -0.3 is 20.1 Å². The summed E-state index contributed by atoms with van der Waals surface area (Å²) in [6.07, 6.45) is 2.10. The topological polar surface area (TPSA) is 94.6 Å². The first kappa shape index (κ1) is 25.9. The Bertz CT molecular complexity index is 1540. The van der Waals surface area contributed by atoms with Crippen LogP contribution < -0.4 is 10.5 Å². The Hall–Kier alpha value is -4.15. The standard InChI is InChI=1S/C26H21F5N2O4/c1-2-3-5-12-8-16-20(17(9-12)37-11-18(34)35)19-13(26(32)36)6-4-7-15(19)33(16)10-14-21(27)23(29)25(31)24(30)22(14)28/h4,6-9H,2-3,5,10-11H2,1H3,(H2,32,36)(H,34,35). The Morgan fingerprint density at radius 2 is 1.59 bits per heavy atom. The van der Waals surface area contributed by atoms with Crippen molar-refractivity contribution in [2.45, 2.75) is 32.7 Å². The third-order valence-electron chi connectivity index (χ3n) is 6.07. The van der Waals surface area contributed by atoms with Crippen LogP contribution in [0.4, 0.5) is 22.0 Å². The van der Waals surface area contributed by atoms with Crippen molar-refractivity contribution in [3.05, 3.63) is 76.1 Å². The Labute approximate surface area is 207 Å². The zero-order chi connectivity index (χ0) is 27.0. The highest BCUT2D eigenvalue weighted by Gasteiger charge is 2.28. The average Bonchev–Trinajstić information content (AvgIpc) is 3.19. The van der Waals surface area contributed by atoms with Gasteiger partial charge in [-0.15, -0.1) is 0 Å². The molecule has 3 aromatic carbocycles. The first-order valence-corrected chi connectivity index (χ1v) is 11.3. The van der Waals surface area contributed by atoms with E-state index >= 15 is 0 Å². The minimum Gasteiger partial charge on any atom is -0.481 e. The van der Waals surface area contributed by atoms with E-state index in [1.807, 2.05) is 6.92 Å². The molecule has 0 atom stereocenters. The number of nitrogens with zero attached hydrogens (tertiary/aromatic N) is 1. The lowest BCUT2D eigenvalue weighted by molar-refractivity contribution is -0.139. The maximum absolute atomic E-state index is 14.6. The molecule has 0 fully saturated rings. The molecule has 0 aliphatic carbocycles. The fraction of sp³-hybridized carbons (Fsp3) is 0.231. The summed E-state index contributed by atoms with van der Waals surface area (Å²) < 4.78 is 77.7. The molecule has 194 valence electrons. The van der Waals surface area contributed by atoms with Crippen molar-refractivity contribution in [3.63, 3.8) is 0 Å². The number of rotatable bonds is 9. The van der Waals surface area contributed by atoms with Gasteiger partial charge in [0.15, 0.2) is 29.9 Å². The summed E-state index contributed by atoms with van der Waals surface area (Å²) in [7, 11) is 0. The molecule has 1 amide bonds. The number of aliphatic carboxylic acids is 1. The third kappa shape index (κ3) is 4.56. The zero-order valence-electron chi connectivity index (χ0n) is 19.5. The number of hydrogen-bond acceptors (Lipinski definition) is 3. The number of aryl methyl sites for hydroxylation is 1. The normalized spacial score (nSPS) is 11.4. The second kappa shape index (κ2) is 10.1. The van der Waals surface area contributed by atoms with E-state index in [4.69, 9.17) is 15.6 Å². The number of halogens is 5. The molecule has 1 aromatic heterocycles. The predicted molar refractivity (Wildman–Crippen MR) is 125 cm³/mol. The van der Waals surface area contributed by atoms with Gasteiger partial charge in [0, 0.05) is 16.5 Å². The number of fused-ring (bicyclic) bond motifs is 3. The van der Waals surface area contributed by atoms with E-state index in [1.54, 1.807) is 12.1 Å². The van der Waals surface area contributed by atoms with Crippen LogP contribution in [-0.2, 0) is 17.8 Å². The quantitative estimate of drug-likeness (QED) is 0.175. The average molecular weight is 520 g/mol. The number of carboxylic acid groups (broad SMARTS) is 1. The third-order valence-corrected chi connectivity index (χ3v) is 6.07. The van der Waals surface area contributed by atoms with Gasteiger partial charge in [-0.25, -0.2) is 26.7 Å². The van der Waals surface area contributed by atoms with Crippen LogP contribution in [0.5, 0.6) is 5.75 Å². The van der Waals surface area contributed by atoms with E-state index in [0.29, 0.717) is 12.0 Å². The molecule has 3 N–H and O–H groups in total. The molecule has 0 saturated carbocycles. The van der Waals surface area contributed by atoms with Gasteiger partial charge in [-0.3, -0.25) is 4.79 Å². The van der Waals surface area contributed by atoms with Gasteiger partial charge in [-0.1, -0.05) is 19.4 Å². The van der Waals surface area contributed by atoms with E-state index in [2.05, 4.69) is 0 Å². The highest BCUT2D eigenvalue weighted by molar-refractivity contribution is 6.20. The van der Waals surface area contributed by atoms with Crippen molar-refractivity contribution in [2.24, 2.45) is 5.73 Å². The summed E-state index contributed by atoms with van der Waals surface area (Å²) in [5.74, 6) is -12.5. The van der Waals surface area contributed by atoms with Crippen LogP contribution >= 0.6 is 0 Å². The molecule has 6 nitrogen and oxygen atoms in total. The number of aromatic nitrogens is 1. The number of carboxylic acids is 1. The van der Waals surface area contributed by atoms with Crippen molar-refractivity contribution in [1.29, 1.82) is 0 Å². The first-order chi connectivity index (χ1) is 17.6. The molecule has 4 rings (SSSR count). The van der Waals surface area contributed by atoms with Crippen LogP contribution in [0.15, 0.2) is 30.3 Å². The van der Waals surface area contributed by atoms with Crippen LogP contribution in [0.3, 0.4) is 0 Å². The largest absolute Gasteiger partial charge is 0.481 e. The van der Waals surface area contributed by atoms with E-state index in [0.717, 1.165) is 12.8 Å². The molecule has 1 heterocycles. The molecular weight excluding hydrogens is 499 g/mol. The number of carbonyl (C=O) groups is 2. The summed E-state index contributed by atoms with van der Waals surface area (Å²) >= 11 is 0. The smallest absolute Gasteiger partial charge is 0.341 e. The lowest BCUT2D eigenvalue weighted by atomic mass is 10.0. The summed E-state index contributed by atoms with van der Waals surface area (Å²) in [5, 5.41) is 9.57. The molecule has 0 radical (unpaired) electrons. The molecule has 0 aliphatic rings. The number of nitrogens with two attached hydrogens (primary N) is 1. The van der Waals surface area contributed by atoms with Crippen LogP contribution in [0.2, 0.25) is 0 Å². The van der Waals surface area contributed by atoms with Crippen LogP contribution in [-0.4, -0.2) is 28.2 Å². The predicted octanol–water partition coefficient (Wildman–Crippen LogP) is 5.44. The monoisotopic (exact) mass is 520 g/mol. The Morgan fingerprint density at radius 3 is 2.19 bits per heavy atom. The van der Waals surface area contributed by atoms with Crippen molar-refractivity contribution in [2.75, 3.05) is 6.61 Å². The lowest BCUT2D eigenvalue weighted by Gasteiger charge is -2.13. The highest BCUT2D eigenvalue weighted by Crippen LogP contribution is 2.40. The molecule has 4 aromatic rings. The summed E-state index contributed by atoms with van der Waals surface area (Å²) in [6, 6.07) is 7.59. The number of benzene rings is 3. The number of unbranched alkanes of at least 4 members (excludes halogenated alkanes) is 1. The zero-order valence-corrected chi connectivity index (χ0v) is 19.5. The molecule has 0 spiro atoms. The number of amides is 1. The van der Waals surface area contributed by atoms with Gasteiger partial charge in [0.2, 0.25) is 11.7 Å². The maximum atomic E-state index is 14.6. The van der Waals surface area contributed by atoms with Crippen LogP contribution in [0.1, 0.15) is 41.3 Å². The summed E-state index contributed by atoms with van der Waals surface area (Å²) in [4.78, 5) is 23.5. The molecule has 0 aliphatic heterocycles. The summed E-state index contributed by atoms with van der Waals surface area (Å²) in [5.41, 5.74) is 5.60. The van der Waals surface area contributed by atoms with E-state index < -0.39 is 59.7 Å². The second-order valence-corrected chi connectivity index (χ2v) is 8.47. The molecule has 0 unspecified atom stereocenters. The molecule has 0 bridgehead atoms. The van der Waals surface area contributed by atoms with E-state index in [9.17, 15) is 31.5 Å². The fourth-order valence-corrected chi connectivity index (χ4v) is 4.38. The Balaban J connectivity index is 2.10. The van der Waals surface area contributed by atoms with Crippen molar-refractivity contribution in [3.8, 4) is 5.75 Å².